The maximum Gasteiger partial charge on any atom is 0.154 e. The Balaban J connectivity index is 3.41. The van der Waals surface area contributed by atoms with Gasteiger partial charge in [0.1, 0.15) is 0 Å². The summed E-state index contributed by atoms with van der Waals surface area (Å²) in [5.74, 6) is 0. The first-order valence-corrected chi connectivity index (χ1v) is 7.90. The fourth-order valence-electron chi connectivity index (χ4n) is 2.26. The summed E-state index contributed by atoms with van der Waals surface area (Å²) in [5.41, 5.74) is 10.4. The van der Waals surface area contributed by atoms with Crippen LogP contribution >= 0.6 is 0 Å². The minimum Gasteiger partial charge on any atom is -0.323 e. The lowest BCUT2D eigenvalue weighted by atomic mass is 9.88. The fraction of sp³-hybridized carbons (Fsp3) is 0.571. The SMILES string of the molecule is Cc1cc(C)c(C(N)C(C)(C)S(C)(=O)=O)c(C)c1. The lowest BCUT2D eigenvalue weighted by Crippen LogP contribution is -2.43. The van der Waals surface area contributed by atoms with Gasteiger partial charge >= 0.3 is 0 Å². The summed E-state index contributed by atoms with van der Waals surface area (Å²) >= 11 is 0. The van der Waals surface area contributed by atoms with Crippen LogP contribution in [0, 0.1) is 20.8 Å². The summed E-state index contributed by atoms with van der Waals surface area (Å²) in [6.45, 7) is 9.36. The van der Waals surface area contributed by atoms with E-state index in [9.17, 15) is 8.42 Å². The van der Waals surface area contributed by atoms with E-state index in [0.717, 1.165) is 22.3 Å². The second kappa shape index (κ2) is 4.67. The van der Waals surface area contributed by atoms with Crippen molar-refractivity contribution < 1.29 is 8.42 Å². The molecule has 0 bridgehead atoms. The highest BCUT2D eigenvalue weighted by Crippen LogP contribution is 2.34. The third kappa shape index (κ3) is 2.59. The van der Waals surface area contributed by atoms with Crippen LogP contribution in [0.1, 0.15) is 42.1 Å². The average molecular weight is 269 g/mol. The van der Waals surface area contributed by atoms with Gasteiger partial charge in [-0.3, -0.25) is 0 Å². The number of sulfone groups is 1. The van der Waals surface area contributed by atoms with E-state index >= 15 is 0 Å². The molecule has 1 atom stereocenters. The third-order valence-corrected chi connectivity index (χ3v) is 5.92. The highest BCUT2D eigenvalue weighted by Gasteiger charge is 2.38. The Morgan fingerprint density at radius 2 is 1.50 bits per heavy atom. The number of nitrogens with two attached hydrogens (primary N) is 1. The predicted octanol–water partition coefficient (Wildman–Crippen LogP) is 2.43. The van der Waals surface area contributed by atoms with Gasteiger partial charge in [-0.1, -0.05) is 17.7 Å². The molecule has 0 saturated carbocycles. The maximum absolute atomic E-state index is 11.9. The van der Waals surface area contributed by atoms with Gasteiger partial charge in [0.05, 0.1) is 4.75 Å². The second-order valence-electron chi connectivity index (χ2n) is 5.67. The lowest BCUT2D eigenvalue weighted by molar-refractivity contribution is 0.494. The summed E-state index contributed by atoms with van der Waals surface area (Å²) in [4.78, 5) is 0. The van der Waals surface area contributed by atoms with E-state index in [1.165, 1.54) is 6.26 Å². The summed E-state index contributed by atoms with van der Waals surface area (Å²) in [6.07, 6.45) is 1.24. The molecular formula is C14H23NO2S. The van der Waals surface area contributed by atoms with E-state index in [4.69, 9.17) is 5.73 Å². The van der Waals surface area contributed by atoms with Crippen LogP contribution in [0.25, 0.3) is 0 Å². The first kappa shape index (κ1) is 15.2. The molecule has 0 spiro atoms. The first-order chi connectivity index (χ1) is 7.98. The van der Waals surface area contributed by atoms with Crippen LogP contribution in [0.3, 0.4) is 0 Å². The van der Waals surface area contributed by atoms with Gasteiger partial charge in [0, 0.05) is 12.3 Å². The van der Waals surface area contributed by atoms with Crippen LogP contribution in [0.15, 0.2) is 12.1 Å². The molecule has 0 radical (unpaired) electrons. The van der Waals surface area contributed by atoms with Gasteiger partial charge in [0.2, 0.25) is 0 Å². The molecule has 0 aliphatic rings. The number of hydrogen-bond acceptors (Lipinski definition) is 3. The molecular weight excluding hydrogens is 246 g/mol. The number of benzene rings is 1. The topological polar surface area (TPSA) is 60.2 Å². The van der Waals surface area contributed by atoms with Crippen LogP contribution < -0.4 is 5.73 Å². The number of hydrogen-bond donors (Lipinski definition) is 1. The molecule has 1 unspecified atom stereocenters. The molecule has 0 amide bonds. The van der Waals surface area contributed by atoms with Crippen molar-refractivity contribution in [1.82, 2.24) is 0 Å². The van der Waals surface area contributed by atoms with Crippen molar-refractivity contribution in [3.05, 3.63) is 34.4 Å². The van der Waals surface area contributed by atoms with E-state index in [1.807, 2.05) is 32.9 Å². The molecule has 0 aliphatic heterocycles. The minimum atomic E-state index is -3.22. The van der Waals surface area contributed by atoms with Crippen molar-refractivity contribution >= 4 is 9.84 Å². The van der Waals surface area contributed by atoms with E-state index in [0.29, 0.717) is 0 Å². The van der Waals surface area contributed by atoms with Crippen LogP contribution in [-0.2, 0) is 9.84 Å². The summed E-state index contributed by atoms with van der Waals surface area (Å²) in [7, 11) is -3.22. The van der Waals surface area contributed by atoms with Gasteiger partial charge in [0.15, 0.2) is 9.84 Å². The monoisotopic (exact) mass is 269 g/mol. The number of rotatable bonds is 3. The molecule has 1 rings (SSSR count). The van der Waals surface area contributed by atoms with Crippen LogP contribution in [0.5, 0.6) is 0 Å². The molecule has 1 aromatic carbocycles. The van der Waals surface area contributed by atoms with Crippen molar-refractivity contribution in [3.63, 3.8) is 0 Å². The molecule has 0 aliphatic carbocycles. The van der Waals surface area contributed by atoms with Crippen molar-refractivity contribution in [2.24, 2.45) is 5.73 Å². The minimum absolute atomic E-state index is 0.520. The summed E-state index contributed by atoms with van der Waals surface area (Å²) < 4.78 is 22.8. The maximum atomic E-state index is 11.9. The summed E-state index contributed by atoms with van der Waals surface area (Å²) in [5, 5.41) is 0. The zero-order chi connectivity index (χ0) is 14.3. The fourth-order valence-corrected chi connectivity index (χ4v) is 2.84. The van der Waals surface area contributed by atoms with E-state index in [-0.39, 0.29) is 0 Å². The molecule has 1 aromatic rings. The Labute approximate surface area is 110 Å². The second-order valence-corrected chi connectivity index (χ2v) is 8.26. The molecule has 102 valence electrons. The molecule has 0 aromatic heterocycles. The molecule has 18 heavy (non-hydrogen) atoms. The van der Waals surface area contributed by atoms with E-state index in [2.05, 4.69) is 0 Å². The molecule has 4 heteroatoms. The Hall–Kier alpha value is -0.870. The normalized spacial score (nSPS) is 14.6. The lowest BCUT2D eigenvalue weighted by Gasteiger charge is -2.32. The Kier molecular flexibility index (Phi) is 3.94. The molecule has 2 N–H and O–H groups in total. The van der Waals surface area contributed by atoms with Gasteiger partial charge < -0.3 is 5.73 Å². The van der Waals surface area contributed by atoms with Crippen LogP contribution in [-0.4, -0.2) is 19.4 Å². The largest absolute Gasteiger partial charge is 0.323 e. The predicted molar refractivity (Wildman–Crippen MR) is 76.5 cm³/mol. The first-order valence-electron chi connectivity index (χ1n) is 6.01. The van der Waals surface area contributed by atoms with Crippen molar-refractivity contribution in [1.29, 1.82) is 0 Å². The quantitative estimate of drug-likeness (QED) is 0.916. The van der Waals surface area contributed by atoms with Gasteiger partial charge in [-0.25, -0.2) is 8.42 Å². The van der Waals surface area contributed by atoms with Crippen molar-refractivity contribution in [2.75, 3.05) is 6.26 Å². The van der Waals surface area contributed by atoms with Gasteiger partial charge in [0.25, 0.3) is 0 Å². The summed E-state index contributed by atoms with van der Waals surface area (Å²) in [6, 6.07) is 3.56. The Bertz CT molecular complexity index is 536. The molecule has 3 nitrogen and oxygen atoms in total. The standard InChI is InChI=1S/C14H23NO2S/c1-9-7-10(2)12(11(3)8-9)13(15)14(4,5)18(6,16)17/h7-8,13H,15H2,1-6H3. The van der Waals surface area contributed by atoms with E-state index in [1.54, 1.807) is 13.8 Å². The van der Waals surface area contributed by atoms with Crippen molar-refractivity contribution in [3.8, 4) is 0 Å². The highest BCUT2D eigenvalue weighted by molar-refractivity contribution is 7.92. The van der Waals surface area contributed by atoms with Gasteiger partial charge in [-0.2, -0.15) is 0 Å². The van der Waals surface area contributed by atoms with Crippen LogP contribution in [0.4, 0.5) is 0 Å². The average Bonchev–Trinajstić information content (AvgIpc) is 2.13. The zero-order valence-electron chi connectivity index (χ0n) is 12.0. The Morgan fingerprint density at radius 1 is 1.11 bits per heavy atom. The molecule has 0 fully saturated rings. The van der Waals surface area contributed by atoms with E-state index < -0.39 is 20.6 Å². The molecule has 0 heterocycles. The van der Waals surface area contributed by atoms with Crippen molar-refractivity contribution in [2.45, 2.75) is 45.4 Å². The third-order valence-electron chi connectivity index (χ3n) is 3.75. The molecule has 0 saturated heterocycles. The number of aryl methyl sites for hydroxylation is 3. The highest BCUT2D eigenvalue weighted by atomic mass is 32.2. The van der Waals surface area contributed by atoms with Crippen LogP contribution in [0.2, 0.25) is 0 Å². The Morgan fingerprint density at radius 3 is 1.83 bits per heavy atom. The van der Waals surface area contributed by atoms with Gasteiger partial charge in [-0.05, 0) is 51.3 Å². The smallest absolute Gasteiger partial charge is 0.154 e. The van der Waals surface area contributed by atoms with Gasteiger partial charge in [-0.15, -0.1) is 0 Å². The zero-order valence-corrected chi connectivity index (χ0v) is 12.9.